The Kier molecular flexibility index (Phi) is 8.03. The third-order valence-electron chi connectivity index (χ3n) is 4.52. The van der Waals surface area contributed by atoms with E-state index < -0.39 is 6.61 Å². The van der Waals surface area contributed by atoms with Gasteiger partial charge in [0.25, 0.3) is 0 Å². The van der Waals surface area contributed by atoms with Crippen LogP contribution in [0.25, 0.3) is 11.4 Å². The number of rotatable bonds is 7. The molecule has 3 N–H and O–H groups in total. The van der Waals surface area contributed by atoms with Crippen molar-refractivity contribution in [3.05, 3.63) is 53.9 Å². The van der Waals surface area contributed by atoms with Gasteiger partial charge in [-0.25, -0.2) is 4.98 Å². The van der Waals surface area contributed by atoms with Crippen molar-refractivity contribution in [1.82, 2.24) is 25.8 Å². The number of hydrogen-bond acceptors (Lipinski definition) is 6. The fourth-order valence-electron chi connectivity index (χ4n) is 3.07. The summed E-state index contributed by atoms with van der Waals surface area (Å²) in [4.78, 5) is 8.32. The third kappa shape index (κ3) is 5.75. The molecular weight excluding hydrogens is 537 g/mol. The lowest BCUT2D eigenvalue weighted by atomic mass is 10.1. The van der Waals surface area contributed by atoms with Crippen LogP contribution < -0.4 is 24.8 Å². The number of fused-ring (bicyclic) bond motifs is 1. The van der Waals surface area contributed by atoms with Crippen molar-refractivity contribution in [3.8, 4) is 28.6 Å². The van der Waals surface area contributed by atoms with Crippen LogP contribution in [0.4, 0.5) is 8.78 Å². The van der Waals surface area contributed by atoms with E-state index in [9.17, 15) is 8.78 Å². The maximum atomic E-state index is 12.8. The molecule has 0 atom stereocenters. The lowest BCUT2D eigenvalue weighted by Gasteiger charge is -2.15. The van der Waals surface area contributed by atoms with Crippen LogP contribution in [0.3, 0.4) is 0 Å². The Bertz CT molecular complexity index is 1070. The van der Waals surface area contributed by atoms with E-state index >= 15 is 0 Å². The van der Waals surface area contributed by atoms with Crippen LogP contribution in [0.5, 0.6) is 17.2 Å². The molecule has 0 aliphatic carbocycles. The van der Waals surface area contributed by atoms with Crippen LogP contribution in [-0.4, -0.2) is 41.6 Å². The van der Waals surface area contributed by atoms with Crippen molar-refractivity contribution in [3.63, 3.8) is 0 Å². The standard InChI is InChI=1S/C20H20F2N6O3.HI/c1-23-20(24-8-12-3-2-4-13(5-12)18-26-10-27-28-18)25-9-14-6-16-17(30-11-29-16)7-15(14)31-19(21)22;/h2-7,10,19H,8-9,11H2,1H3,(H2,23,24,25)(H,26,27,28);1H. The van der Waals surface area contributed by atoms with Crippen LogP contribution in [-0.2, 0) is 13.1 Å². The summed E-state index contributed by atoms with van der Waals surface area (Å²) in [5, 5.41) is 13.0. The SMILES string of the molecule is CN=C(NCc1cccc(-c2ncn[nH]2)c1)NCc1cc2c(cc1OC(F)F)OCO2.I. The van der Waals surface area contributed by atoms with Gasteiger partial charge in [0, 0.05) is 37.3 Å². The third-order valence-corrected chi connectivity index (χ3v) is 4.52. The van der Waals surface area contributed by atoms with Gasteiger partial charge in [0.1, 0.15) is 12.1 Å². The van der Waals surface area contributed by atoms with Crippen LogP contribution in [0.1, 0.15) is 11.1 Å². The number of benzene rings is 2. The van der Waals surface area contributed by atoms with Gasteiger partial charge in [0.2, 0.25) is 6.79 Å². The van der Waals surface area contributed by atoms with Crippen molar-refractivity contribution < 1.29 is 23.0 Å². The molecule has 0 spiro atoms. The highest BCUT2D eigenvalue weighted by Crippen LogP contribution is 2.38. The normalized spacial score (nSPS) is 12.4. The van der Waals surface area contributed by atoms with E-state index in [1.54, 1.807) is 13.1 Å². The summed E-state index contributed by atoms with van der Waals surface area (Å²) in [5.74, 6) is 2.03. The van der Waals surface area contributed by atoms with Gasteiger partial charge in [-0.2, -0.15) is 13.9 Å². The minimum atomic E-state index is -2.95. The molecule has 3 aromatic rings. The van der Waals surface area contributed by atoms with Gasteiger partial charge in [-0.1, -0.05) is 18.2 Å². The zero-order valence-electron chi connectivity index (χ0n) is 17.0. The molecule has 0 saturated heterocycles. The molecule has 0 fully saturated rings. The van der Waals surface area contributed by atoms with Gasteiger partial charge in [-0.05, 0) is 17.7 Å². The number of aromatic amines is 1. The first-order chi connectivity index (χ1) is 15.1. The number of ether oxygens (including phenoxy) is 3. The minimum Gasteiger partial charge on any atom is -0.454 e. The Morgan fingerprint density at radius 1 is 1.19 bits per heavy atom. The van der Waals surface area contributed by atoms with Gasteiger partial charge in [0.15, 0.2) is 23.3 Å². The average Bonchev–Trinajstić information content (AvgIpc) is 3.45. The Morgan fingerprint density at radius 3 is 2.69 bits per heavy atom. The number of hydrogen-bond donors (Lipinski definition) is 3. The van der Waals surface area contributed by atoms with Gasteiger partial charge in [-0.3, -0.25) is 10.1 Å². The fraction of sp³-hybridized carbons (Fsp3) is 0.250. The Morgan fingerprint density at radius 2 is 1.97 bits per heavy atom. The van der Waals surface area contributed by atoms with E-state index in [0.29, 0.717) is 35.4 Å². The molecule has 12 heteroatoms. The second-order valence-corrected chi connectivity index (χ2v) is 6.51. The molecular formula is C20H21F2IN6O3. The predicted molar refractivity (Wildman–Crippen MR) is 123 cm³/mol. The molecule has 9 nitrogen and oxygen atoms in total. The van der Waals surface area contributed by atoms with Crippen molar-refractivity contribution in [2.24, 2.45) is 4.99 Å². The summed E-state index contributed by atoms with van der Waals surface area (Å²) in [7, 11) is 1.62. The van der Waals surface area contributed by atoms with Crippen LogP contribution in [0.2, 0.25) is 0 Å². The molecule has 1 aliphatic heterocycles. The van der Waals surface area contributed by atoms with E-state index in [1.165, 1.54) is 12.4 Å². The molecule has 0 amide bonds. The van der Waals surface area contributed by atoms with E-state index in [4.69, 9.17) is 9.47 Å². The number of guanidine groups is 1. The predicted octanol–water partition coefficient (Wildman–Crippen LogP) is 3.29. The lowest BCUT2D eigenvalue weighted by molar-refractivity contribution is -0.0505. The highest BCUT2D eigenvalue weighted by atomic mass is 127. The molecule has 0 unspecified atom stereocenters. The number of nitrogens with one attached hydrogen (secondary N) is 3. The first kappa shape index (κ1) is 23.5. The molecule has 32 heavy (non-hydrogen) atoms. The van der Waals surface area contributed by atoms with E-state index in [0.717, 1.165) is 11.1 Å². The first-order valence-electron chi connectivity index (χ1n) is 9.39. The summed E-state index contributed by atoms with van der Waals surface area (Å²) in [6, 6.07) is 10.8. The monoisotopic (exact) mass is 558 g/mol. The quantitative estimate of drug-likeness (QED) is 0.232. The van der Waals surface area contributed by atoms with Gasteiger partial charge in [0.05, 0.1) is 0 Å². The molecule has 1 aromatic heterocycles. The summed E-state index contributed by atoms with van der Waals surface area (Å²) in [6.45, 7) is -2.23. The minimum absolute atomic E-state index is 0. The highest BCUT2D eigenvalue weighted by Gasteiger charge is 2.20. The molecule has 2 aromatic carbocycles. The van der Waals surface area contributed by atoms with E-state index in [1.807, 2.05) is 24.3 Å². The topological polar surface area (TPSA) is 106 Å². The second-order valence-electron chi connectivity index (χ2n) is 6.51. The zero-order chi connectivity index (χ0) is 21.6. The zero-order valence-corrected chi connectivity index (χ0v) is 19.3. The number of aromatic nitrogens is 3. The fourth-order valence-corrected chi connectivity index (χ4v) is 3.07. The smallest absolute Gasteiger partial charge is 0.387 e. The largest absolute Gasteiger partial charge is 0.454 e. The van der Waals surface area contributed by atoms with Crippen LogP contribution >= 0.6 is 24.0 Å². The number of alkyl halides is 2. The van der Waals surface area contributed by atoms with Gasteiger partial charge < -0.3 is 24.8 Å². The van der Waals surface area contributed by atoms with Crippen molar-refractivity contribution in [1.29, 1.82) is 0 Å². The van der Waals surface area contributed by atoms with Crippen LogP contribution in [0.15, 0.2) is 47.7 Å². The molecule has 1 aliphatic rings. The van der Waals surface area contributed by atoms with E-state index in [2.05, 4.69) is 35.5 Å². The maximum Gasteiger partial charge on any atom is 0.387 e. The summed E-state index contributed by atoms with van der Waals surface area (Å²) >= 11 is 0. The Labute approximate surface area is 199 Å². The van der Waals surface area contributed by atoms with Crippen LogP contribution in [0, 0.1) is 0 Å². The molecule has 0 saturated carbocycles. The highest BCUT2D eigenvalue weighted by molar-refractivity contribution is 14.0. The summed E-state index contributed by atoms with van der Waals surface area (Å²) in [6.07, 6.45) is 1.45. The Balaban J connectivity index is 0.00000289. The van der Waals surface area contributed by atoms with E-state index in [-0.39, 0.29) is 43.1 Å². The molecule has 0 radical (unpaired) electrons. The molecule has 170 valence electrons. The molecule has 2 heterocycles. The number of halogens is 3. The molecule has 0 bridgehead atoms. The number of nitrogens with zero attached hydrogens (tertiary/aromatic N) is 3. The van der Waals surface area contributed by atoms with Gasteiger partial charge in [-0.15, -0.1) is 24.0 Å². The van der Waals surface area contributed by atoms with Crippen molar-refractivity contribution in [2.45, 2.75) is 19.7 Å². The second kappa shape index (κ2) is 10.9. The van der Waals surface area contributed by atoms with Crippen molar-refractivity contribution >= 4 is 29.9 Å². The summed E-state index contributed by atoms with van der Waals surface area (Å²) in [5.41, 5.74) is 2.40. The van der Waals surface area contributed by atoms with Crippen molar-refractivity contribution in [2.75, 3.05) is 13.8 Å². The Hall–Kier alpha value is -3.16. The molecule has 4 rings (SSSR count). The average molecular weight is 558 g/mol. The lowest BCUT2D eigenvalue weighted by Crippen LogP contribution is -2.36. The first-order valence-corrected chi connectivity index (χ1v) is 9.39. The summed E-state index contributed by atoms with van der Waals surface area (Å²) < 4.78 is 40.8. The maximum absolute atomic E-state index is 12.8. The number of aliphatic imine (C=N–C) groups is 1. The van der Waals surface area contributed by atoms with Gasteiger partial charge >= 0.3 is 6.61 Å². The number of H-pyrrole nitrogens is 1.